The number of nitrogens with zero attached hydrogens (tertiary/aromatic N) is 4. The number of benzene rings is 1. The maximum atomic E-state index is 4.92. The van der Waals surface area contributed by atoms with Crippen molar-refractivity contribution in [1.82, 2.24) is 19.9 Å². The van der Waals surface area contributed by atoms with E-state index >= 15 is 0 Å². The van der Waals surface area contributed by atoms with Gasteiger partial charge in [-0.25, -0.2) is 9.97 Å². The molecule has 1 saturated heterocycles. The molecule has 0 saturated carbocycles. The molecule has 1 aliphatic rings. The normalized spacial score (nSPS) is 16.8. The lowest BCUT2D eigenvalue weighted by atomic mass is 10.1. The summed E-state index contributed by atoms with van der Waals surface area (Å²) in [6, 6.07) is 23.2. The quantitative estimate of drug-likeness (QED) is 0.489. The number of aryl methyl sites for hydroxylation is 1. The first-order chi connectivity index (χ1) is 14.7. The van der Waals surface area contributed by atoms with E-state index in [0.29, 0.717) is 6.04 Å². The average Bonchev–Trinajstić information content (AvgIpc) is 3.22. The molecule has 0 amide bonds. The van der Waals surface area contributed by atoms with E-state index in [9.17, 15) is 0 Å². The molecule has 30 heavy (non-hydrogen) atoms. The number of aromatic nitrogens is 3. The minimum Gasteiger partial charge on any atom is -0.325 e. The molecule has 4 heterocycles. The van der Waals surface area contributed by atoms with Gasteiger partial charge in [0.15, 0.2) is 0 Å². The number of anilines is 2. The maximum absolute atomic E-state index is 4.92. The van der Waals surface area contributed by atoms with E-state index in [4.69, 9.17) is 4.98 Å². The third-order valence-corrected chi connectivity index (χ3v) is 5.67. The SMILES string of the molecule is Cc1cccc(Nc2cccc(C3CCCN3Cc3ccc4ncccc4c3)n2)n1. The highest BCUT2D eigenvalue weighted by Gasteiger charge is 2.27. The van der Waals surface area contributed by atoms with Crippen molar-refractivity contribution < 1.29 is 0 Å². The van der Waals surface area contributed by atoms with Gasteiger partial charge in [-0.15, -0.1) is 0 Å². The Hall–Kier alpha value is -3.31. The summed E-state index contributed by atoms with van der Waals surface area (Å²) >= 11 is 0. The van der Waals surface area contributed by atoms with Crippen LogP contribution in [0.1, 0.15) is 35.8 Å². The molecule has 1 atom stereocenters. The lowest BCUT2D eigenvalue weighted by Crippen LogP contribution is -2.23. The lowest BCUT2D eigenvalue weighted by molar-refractivity contribution is 0.244. The molecule has 1 aliphatic heterocycles. The molecule has 0 aliphatic carbocycles. The van der Waals surface area contributed by atoms with Crippen LogP contribution in [0.25, 0.3) is 10.9 Å². The summed E-state index contributed by atoms with van der Waals surface area (Å²) < 4.78 is 0. The van der Waals surface area contributed by atoms with E-state index in [1.807, 2.05) is 43.5 Å². The first-order valence-electron chi connectivity index (χ1n) is 10.5. The van der Waals surface area contributed by atoms with Gasteiger partial charge in [-0.3, -0.25) is 9.88 Å². The Kier molecular flexibility index (Phi) is 5.11. The van der Waals surface area contributed by atoms with Crippen LogP contribution in [0.4, 0.5) is 11.6 Å². The second kappa shape index (κ2) is 8.20. The lowest BCUT2D eigenvalue weighted by Gasteiger charge is -2.24. The van der Waals surface area contributed by atoms with Crippen LogP contribution in [0.3, 0.4) is 0 Å². The van der Waals surface area contributed by atoms with Gasteiger partial charge in [0.25, 0.3) is 0 Å². The van der Waals surface area contributed by atoms with Crippen molar-refractivity contribution in [3.05, 3.63) is 89.9 Å². The van der Waals surface area contributed by atoms with Crippen LogP contribution in [0, 0.1) is 6.92 Å². The molecule has 1 aromatic carbocycles. The van der Waals surface area contributed by atoms with Gasteiger partial charge in [0.2, 0.25) is 0 Å². The van der Waals surface area contributed by atoms with Gasteiger partial charge >= 0.3 is 0 Å². The van der Waals surface area contributed by atoms with E-state index in [1.54, 1.807) is 0 Å². The number of hydrogen-bond acceptors (Lipinski definition) is 5. The summed E-state index contributed by atoms with van der Waals surface area (Å²) in [5.74, 6) is 1.67. The monoisotopic (exact) mass is 395 g/mol. The highest BCUT2D eigenvalue weighted by molar-refractivity contribution is 5.78. The number of pyridine rings is 3. The molecule has 3 aromatic heterocycles. The van der Waals surface area contributed by atoms with Crippen molar-refractivity contribution in [2.75, 3.05) is 11.9 Å². The zero-order valence-electron chi connectivity index (χ0n) is 17.1. The van der Waals surface area contributed by atoms with Gasteiger partial charge in [-0.1, -0.05) is 24.3 Å². The summed E-state index contributed by atoms with van der Waals surface area (Å²) in [6.07, 6.45) is 4.17. The highest BCUT2D eigenvalue weighted by Crippen LogP contribution is 2.33. The van der Waals surface area contributed by atoms with E-state index in [0.717, 1.165) is 48.1 Å². The van der Waals surface area contributed by atoms with Gasteiger partial charge in [0.05, 0.1) is 17.3 Å². The first kappa shape index (κ1) is 18.7. The van der Waals surface area contributed by atoms with Crippen molar-refractivity contribution in [2.24, 2.45) is 0 Å². The Morgan fingerprint density at radius 1 is 0.967 bits per heavy atom. The van der Waals surface area contributed by atoms with Crippen molar-refractivity contribution in [3.8, 4) is 0 Å². The fraction of sp³-hybridized carbons (Fsp3) is 0.240. The standard InChI is InChI=1S/C25H25N5/c1-18-6-2-10-24(27-18)29-25-11-3-8-22(28-25)23-9-5-15-30(23)17-19-12-13-21-20(16-19)7-4-14-26-21/h2-4,6-8,10-14,16,23H,5,9,15,17H2,1H3,(H,27,28,29). The van der Waals surface area contributed by atoms with Gasteiger partial charge in [-0.2, -0.15) is 0 Å². The number of nitrogens with one attached hydrogen (secondary N) is 1. The van der Waals surface area contributed by atoms with E-state index in [-0.39, 0.29) is 0 Å². The van der Waals surface area contributed by atoms with Crippen LogP contribution in [0.2, 0.25) is 0 Å². The molecular weight excluding hydrogens is 370 g/mol. The summed E-state index contributed by atoms with van der Waals surface area (Å²) in [6.45, 7) is 4.01. The summed E-state index contributed by atoms with van der Waals surface area (Å²) in [5, 5.41) is 4.54. The van der Waals surface area contributed by atoms with Crippen LogP contribution in [-0.2, 0) is 6.54 Å². The topological polar surface area (TPSA) is 53.9 Å². The molecule has 5 heteroatoms. The molecule has 1 N–H and O–H groups in total. The van der Waals surface area contributed by atoms with Crippen LogP contribution < -0.4 is 5.32 Å². The van der Waals surface area contributed by atoms with Crippen molar-refractivity contribution in [2.45, 2.75) is 32.4 Å². The summed E-state index contributed by atoms with van der Waals surface area (Å²) in [4.78, 5) is 16.4. The molecule has 1 unspecified atom stereocenters. The minimum atomic E-state index is 0.335. The zero-order valence-corrected chi connectivity index (χ0v) is 17.1. The van der Waals surface area contributed by atoms with Crippen LogP contribution >= 0.6 is 0 Å². The van der Waals surface area contributed by atoms with Gasteiger partial charge in [-0.05, 0) is 74.3 Å². The fourth-order valence-corrected chi connectivity index (χ4v) is 4.26. The predicted octanol–water partition coefficient (Wildman–Crippen LogP) is 5.41. The molecular formula is C25H25N5. The van der Waals surface area contributed by atoms with Gasteiger partial charge < -0.3 is 5.32 Å². The predicted molar refractivity (Wildman–Crippen MR) is 121 cm³/mol. The Bertz CT molecular complexity index is 1170. The molecule has 4 aromatic rings. The Balaban J connectivity index is 1.35. The first-order valence-corrected chi connectivity index (χ1v) is 10.5. The highest BCUT2D eigenvalue weighted by atomic mass is 15.2. The van der Waals surface area contributed by atoms with Crippen molar-refractivity contribution >= 4 is 22.5 Å². The van der Waals surface area contributed by atoms with E-state index in [1.165, 1.54) is 17.4 Å². The molecule has 1 fully saturated rings. The average molecular weight is 396 g/mol. The second-order valence-corrected chi connectivity index (χ2v) is 7.90. The molecule has 5 rings (SSSR count). The van der Waals surface area contributed by atoms with E-state index in [2.05, 4.69) is 56.6 Å². The maximum Gasteiger partial charge on any atom is 0.131 e. The third kappa shape index (κ3) is 4.02. The number of hydrogen-bond donors (Lipinski definition) is 1. The van der Waals surface area contributed by atoms with Crippen LogP contribution in [0.5, 0.6) is 0 Å². The van der Waals surface area contributed by atoms with Gasteiger partial charge in [0, 0.05) is 23.8 Å². The van der Waals surface area contributed by atoms with Crippen molar-refractivity contribution in [3.63, 3.8) is 0 Å². The summed E-state index contributed by atoms with van der Waals surface area (Å²) in [7, 11) is 0. The molecule has 5 nitrogen and oxygen atoms in total. The molecule has 150 valence electrons. The molecule has 0 radical (unpaired) electrons. The fourth-order valence-electron chi connectivity index (χ4n) is 4.26. The van der Waals surface area contributed by atoms with Crippen molar-refractivity contribution in [1.29, 1.82) is 0 Å². The Morgan fingerprint density at radius 2 is 1.83 bits per heavy atom. The second-order valence-electron chi connectivity index (χ2n) is 7.90. The zero-order chi connectivity index (χ0) is 20.3. The molecule has 0 spiro atoms. The number of likely N-dealkylation sites (tertiary alicyclic amines) is 1. The minimum absolute atomic E-state index is 0.335. The largest absolute Gasteiger partial charge is 0.325 e. The Morgan fingerprint density at radius 3 is 2.73 bits per heavy atom. The smallest absolute Gasteiger partial charge is 0.131 e. The van der Waals surface area contributed by atoms with E-state index < -0.39 is 0 Å². The van der Waals surface area contributed by atoms with Crippen LogP contribution in [0.15, 0.2) is 72.9 Å². The summed E-state index contributed by atoms with van der Waals surface area (Å²) in [5.41, 5.74) is 4.47. The van der Waals surface area contributed by atoms with Gasteiger partial charge in [0.1, 0.15) is 11.6 Å². The number of rotatable bonds is 5. The van der Waals surface area contributed by atoms with Crippen LogP contribution in [-0.4, -0.2) is 26.4 Å². The Labute approximate surface area is 176 Å². The third-order valence-electron chi connectivity index (χ3n) is 5.67. The molecule has 0 bridgehead atoms. The number of fused-ring (bicyclic) bond motifs is 1.